The Morgan fingerprint density at radius 3 is 1.80 bits per heavy atom. The molecule has 0 aliphatic heterocycles. The van der Waals surface area contributed by atoms with Crippen LogP contribution in [0.1, 0.15) is 50.7 Å². The summed E-state index contributed by atoms with van der Waals surface area (Å²) in [5, 5.41) is 0. The minimum atomic E-state index is -0.0967. The first-order chi connectivity index (χ1) is 9.22. The van der Waals surface area contributed by atoms with E-state index in [0.29, 0.717) is 11.8 Å². The highest BCUT2D eigenvalue weighted by molar-refractivity contribution is 9.10. The van der Waals surface area contributed by atoms with Crippen LogP contribution < -0.4 is 17.2 Å². The van der Waals surface area contributed by atoms with Gasteiger partial charge in [0.2, 0.25) is 5.96 Å². The molecule has 5 nitrogen and oxygen atoms in total. The van der Waals surface area contributed by atoms with E-state index in [9.17, 15) is 0 Å². The molecule has 0 saturated heterocycles. The number of nitrogens with two attached hydrogens (primary N) is 3. The summed E-state index contributed by atoms with van der Waals surface area (Å²) < 4.78 is 1.03. The van der Waals surface area contributed by atoms with Crippen molar-refractivity contribution in [3.05, 3.63) is 27.7 Å². The number of aliphatic imine (C=N–C) groups is 2. The lowest BCUT2D eigenvalue weighted by molar-refractivity contribution is 0.832. The van der Waals surface area contributed by atoms with Crippen LogP contribution in [0.3, 0.4) is 0 Å². The Labute approximate surface area is 128 Å². The Hall–Kier alpha value is -1.56. The van der Waals surface area contributed by atoms with Crippen molar-refractivity contribution in [1.29, 1.82) is 0 Å². The largest absolute Gasteiger partial charge is 0.370 e. The Balaban J connectivity index is 3.52. The number of hydrogen-bond acceptors (Lipinski definition) is 1. The van der Waals surface area contributed by atoms with Gasteiger partial charge in [-0.15, -0.1) is 0 Å². The van der Waals surface area contributed by atoms with Crippen LogP contribution in [-0.4, -0.2) is 11.9 Å². The molecule has 1 aromatic rings. The van der Waals surface area contributed by atoms with Gasteiger partial charge in [-0.05, 0) is 35.1 Å². The molecule has 0 unspecified atom stereocenters. The standard InChI is InChI=1S/C14H22BrN5/c1-7(2)10-5-9(15)6-11(8(3)4)12(10)19-14(18)20-13(16)17/h5-8H,1-4H3,(H6,16,17,18,19,20). The van der Waals surface area contributed by atoms with Crippen molar-refractivity contribution < 1.29 is 0 Å². The van der Waals surface area contributed by atoms with Crippen molar-refractivity contribution in [3.8, 4) is 0 Å². The Morgan fingerprint density at radius 2 is 1.45 bits per heavy atom. The van der Waals surface area contributed by atoms with Crippen LogP contribution in [0.2, 0.25) is 0 Å². The fraction of sp³-hybridized carbons (Fsp3) is 0.429. The first-order valence-electron chi connectivity index (χ1n) is 6.49. The average Bonchev–Trinajstić information content (AvgIpc) is 2.29. The third kappa shape index (κ3) is 4.23. The molecular formula is C14H22BrN5. The average molecular weight is 340 g/mol. The number of rotatable bonds is 3. The summed E-state index contributed by atoms with van der Waals surface area (Å²) in [7, 11) is 0. The molecule has 1 aromatic carbocycles. The van der Waals surface area contributed by atoms with E-state index in [2.05, 4.69) is 65.7 Å². The van der Waals surface area contributed by atoms with E-state index in [1.807, 2.05) is 0 Å². The van der Waals surface area contributed by atoms with Crippen molar-refractivity contribution in [2.45, 2.75) is 39.5 Å². The van der Waals surface area contributed by atoms with Crippen molar-refractivity contribution >= 4 is 33.5 Å². The van der Waals surface area contributed by atoms with Gasteiger partial charge in [0, 0.05) is 4.47 Å². The van der Waals surface area contributed by atoms with Crippen LogP contribution in [0.25, 0.3) is 0 Å². The third-order valence-electron chi connectivity index (χ3n) is 2.85. The highest BCUT2D eigenvalue weighted by atomic mass is 79.9. The molecule has 0 spiro atoms. The quantitative estimate of drug-likeness (QED) is 0.582. The second-order valence-corrected chi connectivity index (χ2v) is 6.16. The molecule has 0 aliphatic rings. The van der Waals surface area contributed by atoms with Crippen LogP contribution in [0.4, 0.5) is 5.69 Å². The Bertz CT molecular complexity index is 513. The van der Waals surface area contributed by atoms with Gasteiger partial charge < -0.3 is 17.2 Å². The van der Waals surface area contributed by atoms with Crippen molar-refractivity contribution in [2.24, 2.45) is 27.2 Å². The normalized spacial score (nSPS) is 12.1. The summed E-state index contributed by atoms with van der Waals surface area (Å²) in [6.07, 6.45) is 0. The number of benzene rings is 1. The molecule has 0 atom stereocenters. The molecule has 110 valence electrons. The van der Waals surface area contributed by atoms with Crippen LogP contribution in [0.15, 0.2) is 26.6 Å². The van der Waals surface area contributed by atoms with Gasteiger partial charge >= 0.3 is 0 Å². The lowest BCUT2D eigenvalue weighted by atomic mass is 9.93. The highest BCUT2D eigenvalue weighted by Crippen LogP contribution is 2.37. The number of halogens is 1. The first-order valence-corrected chi connectivity index (χ1v) is 7.28. The molecule has 20 heavy (non-hydrogen) atoms. The zero-order chi connectivity index (χ0) is 15.4. The molecule has 0 heterocycles. The van der Waals surface area contributed by atoms with Crippen LogP contribution in [0.5, 0.6) is 0 Å². The Kier molecular flexibility index (Phi) is 5.56. The number of nitrogens with zero attached hydrogens (tertiary/aromatic N) is 2. The smallest absolute Gasteiger partial charge is 0.223 e. The molecular weight excluding hydrogens is 318 g/mol. The molecule has 6 N–H and O–H groups in total. The van der Waals surface area contributed by atoms with Crippen LogP contribution in [0, 0.1) is 0 Å². The van der Waals surface area contributed by atoms with Gasteiger partial charge in [-0.25, -0.2) is 4.99 Å². The topological polar surface area (TPSA) is 103 Å². The molecule has 0 amide bonds. The van der Waals surface area contributed by atoms with Gasteiger partial charge in [0.1, 0.15) is 0 Å². The molecule has 0 saturated carbocycles. The van der Waals surface area contributed by atoms with E-state index in [1.165, 1.54) is 0 Å². The van der Waals surface area contributed by atoms with Gasteiger partial charge in [0.05, 0.1) is 5.69 Å². The molecule has 0 fully saturated rings. The first kappa shape index (κ1) is 16.5. The Morgan fingerprint density at radius 1 is 1.00 bits per heavy atom. The molecule has 0 aliphatic carbocycles. The minimum Gasteiger partial charge on any atom is -0.370 e. The predicted molar refractivity (Wildman–Crippen MR) is 89.4 cm³/mol. The predicted octanol–water partition coefficient (Wildman–Crippen LogP) is 2.92. The van der Waals surface area contributed by atoms with E-state index < -0.39 is 0 Å². The maximum atomic E-state index is 5.77. The number of guanidine groups is 2. The van der Waals surface area contributed by atoms with E-state index >= 15 is 0 Å². The fourth-order valence-electron chi connectivity index (χ4n) is 1.92. The number of hydrogen-bond donors (Lipinski definition) is 3. The van der Waals surface area contributed by atoms with Gasteiger partial charge in [-0.2, -0.15) is 4.99 Å². The summed E-state index contributed by atoms with van der Waals surface area (Å²) in [5.41, 5.74) is 19.5. The van der Waals surface area contributed by atoms with Crippen molar-refractivity contribution in [1.82, 2.24) is 0 Å². The van der Waals surface area contributed by atoms with Gasteiger partial charge in [-0.1, -0.05) is 43.6 Å². The van der Waals surface area contributed by atoms with E-state index in [-0.39, 0.29) is 11.9 Å². The van der Waals surface area contributed by atoms with Gasteiger partial charge in [0.15, 0.2) is 5.96 Å². The zero-order valence-corrected chi connectivity index (χ0v) is 13.9. The summed E-state index contributed by atoms with van der Waals surface area (Å²) in [4.78, 5) is 8.19. The second-order valence-electron chi connectivity index (χ2n) is 5.25. The maximum absolute atomic E-state index is 5.77. The maximum Gasteiger partial charge on any atom is 0.223 e. The molecule has 6 heteroatoms. The summed E-state index contributed by atoms with van der Waals surface area (Å²) in [6.45, 7) is 8.45. The molecule has 1 rings (SSSR count). The monoisotopic (exact) mass is 339 g/mol. The lowest BCUT2D eigenvalue weighted by Crippen LogP contribution is -2.26. The second kappa shape index (κ2) is 6.74. The van der Waals surface area contributed by atoms with E-state index in [0.717, 1.165) is 21.3 Å². The van der Waals surface area contributed by atoms with E-state index in [4.69, 9.17) is 17.2 Å². The highest BCUT2D eigenvalue weighted by Gasteiger charge is 2.15. The third-order valence-corrected chi connectivity index (χ3v) is 3.31. The van der Waals surface area contributed by atoms with Crippen molar-refractivity contribution in [3.63, 3.8) is 0 Å². The van der Waals surface area contributed by atoms with Crippen LogP contribution >= 0.6 is 15.9 Å². The summed E-state index contributed by atoms with van der Waals surface area (Å²) >= 11 is 3.54. The molecule has 0 radical (unpaired) electrons. The SMILES string of the molecule is CC(C)c1cc(Br)cc(C(C)C)c1N=C(N)N=C(N)N. The molecule has 0 bridgehead atoms. The van der Waals surface area contributed by atoms with Gasteiger partial charge in [0.25, 0.3) is 0 Å². The summed E-state index contributed by atoms with van der Waals surface area (Å²) in [6, 6.07) is 4.11. The van der Waals surface area contributed by atoms with Gasteiger partial charge in [-0.3, -0.25) is 0 Å². The van der Waals surface area contributed by atoms with Crippen molar-refractivity contribution in [2.75, 3.05) is 0 Å². The van der Waals surface area contributed by atoms with E-state index in [1.54, 1.807) is 0 Å². The van der Waals surface area contributed by atoms with Crippen LogP contribution in [-0.2, 0) is 0 Å². The fourth-order valence-corrected chi connectivity index (χ4v) is 2.42. The lowest BCUT2D eigenvalue weighted by Gasteiger charge is -2.17. The molecule has 0 aromatic heterocycles. The zero-order valence-electron chi connectivity index (χ0n) is 12.3. The minimum absolute atomic E-state index is 0.0659. The summed E-state index contributed by atoms with van der Waals surface area (Å²) in [5.74, 6) is 0.600.